The standard InChI is InChI=1S/C26H32N4O2S/c1-17-10-12-30(13-11-17)15-23-27-25(24-19-6-5-9-22(19)33-26(24)28-23)29(2)14-18-16-31-20-7-3-4-8-21(20)32-18/h3-4,7-8,17-18H,5-6,9-16H2,1-2H3. The van der Waals surface area contributed by atoms with Gasteiger partial charge in [-0.25, -0.2) is 9.97 Å². The lowest BCUT2D eigenvalue weighted by atomic mass is 9.99. The van der Waals surface area contributed by atoms with Gasteiger partial charge in [-0.3, -0.25) is 4.90 Å². The molecule has 1 saturated heterocycles. The first kappa shape index (κ1) is 21.2. The minimum atomic E-state index is -0.0337. The highest BCUT2D eigenvalue weighted by molar-refractivity contribution is 7.19. The van der Waals surface area contributed by atoms with Crippen molar-refractivity contribution in [2.24, 2.45) is 5.92 Å². The van der Waals surface area contributed by atoms with Gasteiger partial charge in [-0.15, -0.1) is 11.3 Å². The van der Waals surface area contributed by atoms with Crippen molar-refractivity contribution in [3.05, 3.63) is 40.5 Å². The number of ether oxygens (including phenoxy) is 2. The zero-order valence-electron chi connectivity index (χ0n) is 19.5. The Kier molecular flexibility index (Phi) is 5.62. The van der Waals surface area contributed by atoms with Gasteiger partial charge < -0.3 is 14.4 Å². The summed E-state index contributed by atoms with van der Waals surface area (Å²) in [5.74, 6) is 4.49. The van der Waals surface area contributed by atoms with Crippen molar-refractivity contribution < 1.29 is 9.47 Å². The lowest BCUT2D eigenvalue weighted by Crippen LogP contribution is -2.40. The van der Waals surface area contributed by atoms with Crippen LogP contribution in [-0.4, -0.2) is 54.3 Å². The average Bonchev–Trinajstić information content (AvgIpc) is 3.41. The number of hydrogen-bond acceptors (Lipinski definition) is 7. The Labute approximate surface area is 199 Å². The predicted molar refractivity (Wildman–Crippen MR) is 133 cm³/mol. The molecule has 2 aliphatic heterocycles. The maximum Gasteiger partial charge on any atom is 0.161 e. The zero-order chi connectivity index (χ0) is 22.4. The summed E-state index contributed by atoms with van der Waals surface area (Å²) in [6.45, 7) is 6.75. The monoisotopic (exact) mass is 464 g/mol. The Hall–Kier alpha value is -2.38. The fourth-order valence-electron chi connectivity index (χ4n) is 5.33. The number of benzene rings is 1. The third-order valence-electron chi connectivity index (χ3n) is 7.24. The molecule has 1 unspecified atom stereocenters. The van der Waals surface area contributed by atoms with Crippen molar-refractivity contribution in [2.45, 2.75) is 51.7 Å². The number of para-hydroxylation sites is 2. The molecule has 3 aliphatic rings. The quantitative estimate of drug-likeness (QED) is 0.546. The van der Waals surface area contributed by atoms with Crippen LogP contribution in [0.4, 0.5) is 5.82 Å². The lowest BCUT2D eigenvalue weighted by Gasteiger charge is -2.31. The second-order valence-corrected chi connectivity index (χ2v) is 10.9. The number of aryl methyl sites for hydroxylation is 2. The van der Waals surface area contributed by atoms with Crippen LogP contribution in [0.1, 0.15) is 42.5 Å². The van der Waals surface area contributed by atoms with Crippen LogP contribution >= 0.6 is 11.3 Å². The Bertz CT molecular complexity index is 1150. The van der Waals surface area contributed by atoms with Gasteiger partial charge in [0.15, 0.2) is 17.6 Å². The number of aromatic nitrogens is 2. The number of rotatable bonds is 5. The van der Waals surface area contributed by atoms with Crippen LogP contribution in [0, 0.1) is 5.92 Å². The van der Waals surface area contributed by atoms with E-state index in [-0.39, 0.29) is 6.10 Å². The van der Waals surface area contributed by atoms with Gasteiger partial charge in [0.05, 0.1) is 18.5 Å². The molecular formula is C26H32N4O2S. The molecule has 1 aromatic carbocycles. The van der Waals surface area contributed by atoms with Crippen molar-refractivity contribution in [3.8, 4) is 11.5 Å². The summed E-state index contributed by atoms with van der Waals surface area (Å²) in [4.78, 5) is 17.6. The van der Waals surface area contributed by atoms with Crippen molar-refractivity contribution in [2.75, 3.05) is 38.2 Å². The molecule has 4 heterocycles. The van der Waals surface area contributed by atoms with E-state index in [0.717, 1.165) is 66.5 Å². The number of hydrogen-bond donors (Lipinski definition) is 0. The highest BCUT2D eigenvalue weighted by Crippen LogP contribution is 2.41. The third kappa shape index (κ3) is 4.17. The smallest absolute Gasteiger partial charge is 0.161 e. The highest BCUT2D eigenvalue weighted by atomic mass is 32.1. The number of thiophene rings is 1. The molecule has 1 fully saturated rings. The molecule has 0 saturated carbocycles. The van der Waals surface area contributed by atoms with Crippen molar-refractivity contribution >= 4 is 27.4 Å². The Morgan fingerprint density at radius 3 is 2.79 bits per heavy atom. The summed E-state index contributed by atoms with van der Waals surface area (Å²) in [6, 6.07) is 7.91. The lowest BCUT2D eigenvalue weighted by molar-refractivity contribution is 0.0959. The second-order valence-electron chi connectivity index (χ2n) is 9.84. The van der Waals surface area contributed by atoms with Crippen LogP contribution in [0.3, 0.4) is 0 Å². The molecule has 1 aliphatic carbocycles. The molecule has 3 aromatic rings. The molecule has 33 heavy (non-hydrogen) atoms. The van der Waals surface area contributed by atoms with Gasteiger partial charge in [-0.05, 0) is 68.8 Å². The number of likely N-dealkylation sites (N-methyl/N-ethyl adjacent to an activating group) is 1. The molecule has 6 nitrogen and oxygen atoms in total. The number of piperidine rings is 1. The predicted octanol–water partition coefficient (Wildman–Crippen LogP) is 4.69. The van der Waals surface area contributed by atoms with E-state index in [2.05, 4.69) is 23.8 Å². The van der Waals surface area contributed by atoms with Crippen molar-refractivity contribution in [1.82, 2.24) is 14.9 Å². The van der Waals surface area contributed by atoms with E-state index in [9.17, 15) is 0 Å². The van der Waals surface area contributed by atoms with E-state index in [0.29, 0.717) is 6.61 Å². The summed E-state index contributed by atoms with van der Waals surface area (Å²) in [6.07, 6.45) is 6.05. The topological polar surface area (TPSA) is 50.7 Å². The zero-order valence-corrected chi connectivity index (χ0v) is 20.4. The Morgan fingerprint density at radius 2 is 1.94 bits per heavy atom. The van der Waals surface area contributed by atoms with Crippen LogP contribution in [0.15, 0.2) is 24.3 Å². The maximum atomic E-state index is 6.26. The number of fused-ring (bicyclic) bond motifs is 4. The summed E-state index contributed by atoms with van der Waals surface area (Å²) >= 11 is 1.88. The van der Waals surface area contributed by atoms with Crippen molar-refractivity contribution in [3.63, 3.8) is 0 Å². The van der Waals surface area contributed by atoms with Crippen LogP contribution < -0.4 is 14.4 Å². The molecule has 0 radical (unpaired) electrons. The van der Waals surface area contributed by atoms with Crippen LogP contribution in [0.2, 0.25) is 0 Å². The minimum absolute atomic E-state index is 0.0337. The fourth-order valence-corrected chi connectivity index (χ4v) is 6.61. The molecule has 0 bridgehead atoms. The van der Waals surface area contributed by atoms with E-state index >= 15 is 0 Å². The first-order chi connectivity index (χ1) is 16.1. The molecule has 1 atom stereocenters. The normalized spacial score (nSPS) is 20.8. The molecule has 2 aromatic heterocycles. The molecule has 0 spiro atoms. The summed E-state index contributed by atoms with van der Waals surface area (Å²) < 4.78 is 12.2. The molecular weight excluding hydrogens is 432 g/mol. The van der Waals surface area contributed by atoms with Gasteiger partial charge >= 0.3 is 0 Å². The fraction of sp³-hybridized carbons (Fsp3) is 0.538. The van der Waals surface area contributed by atoms with E-state index in [1.807, 2.05) is 35.6 Å². The summed E-state index contributed by atoms with van der Waals surface area (Å²) in [5, 5.41) is 1.27. The SMILES string of the molecule is CC1CCN(Cc2nc(N(C)CC3COc4ccccc4O3)c3c4c(sc3n2)CCC4)CC1. The molecule has 0 N–H and O–H groups in total. The Morgan fingerprint density at radius 1 is 1.12 bits per heavy atom. The second kappa shape index (κ2) is 8.76. The van der Waals surface area contributed by atoms with Crippen molar-refractivity contribution in [1.29, 1.82) is 0 Å². The van der Waals surface area contributed by atoms with Gasteiger partial charge in [0.1, 0.15) is 23.1 Å². The van der Waals surface area contributed by atoms with Gasteiger partial charge in [-0.1, -0.05) is 19.1 Å². The first-order valence-electron chi connectivity index (χ1n) is 12.3. The highest BCUT2D eigenvalue weighted by Gasteiger charge is 2.28. The summed E-state index contributed by atoms with van der Waals surface area (Å²) in [7, 11) is 2.14. The van der Waals surface area contributed by atoms with Gasteiger partial charge in [0, 0.05) is 11.9 Å². The minimum Gasteiger partial charge on any atom is -0.486 e. The number of anilines is 1. The van der Waals surface area contributed by atoms with Crippen LogP contribution in [0.25, 0.3) is 10.2 Å². The van der Waals surface area contributed by atoms with Gasteiger partial charge in [-0.2, -0.15) is 0 Å². The molecule has 7 heteroatoms. The Balaban J connectivity index is 1.28. The van der Waals surface area contributed by atoms with Crippen LogP contribution in [0.5, 0.6) is 11.5 Å². The molecule has 174 valence electrons. The van der Waals surface area contributed by atoms with Gasteiger partial charge in [0.2, 0.25) is 0 Å². The molecule has 6 rings (SSSR count). The molecule has 0 amide bonds. The third-order valence-corrected chi connectivity index (χ3v) is 8.43. The summed E-state index contributed by atoms with van der Waals surface area (Å²) in [5.41, 5.74) is 1.47. The number of likely N-dealkylation sites (tertiary alicyclic amines) is 1. The number of nitrogens with zero attached hydrogens (tertiary/aromatic N) is 4. The average molecular weight is 465 g/mol. The van der Waals surface area contributed by atoms with Gasteiger partial charge in [0.25, 0.3) is 0 Å². The largest absolute Gasteiger partial charge is 0.486 e. The van der Waals surface area contributed by atoms with E-state index in [1.54, 1.807) is 0 Å². The first-order valence-corrected chi connectivity index (χ1v) is 13.1. The van der Waals surface area contributed by atoms with E-state index < -0.39 is 0 Å². The van der Waals surface area contributed by atoms with E-state index in [1.165, 1.54) is 41.5 Å². The van der Waals surface area contributed by atoms with Crippen LogP contribution in [-0.2, 0) is 19.4 Å². The maximum absolute atomic E-state index is 6.26. The van der Waals surface area contributed by atoms with E-state index in [4.69, 9.17) is 19.4 Å².